The van der Waals surface area contributed by atoms with Crippen LogP contribution in [0.2, 0.25) is 0 Å². The zero-order valence-corrected chi connectivity index (χ0v) is 16.5. The molecule has 1 aliphatic heterocycles. The molecule has 0 bridgehead atoms. The van der Waals surface area contributed by atoms with Crippen molar-refractivity contribution in [3.05, 3.63) is 17.5 Å². The maximum Gasteiger partial charge on any atom is 0.174 e. The summed E-state index contributed by atoms with van der Waals surface area (Å²) in [5, 5.41) is 15.2. The lowest BCUT2D eigenvalue weighted by atomic mass is 9.43. The summed E-state index contributed by atoms with van der Waals surface area (Å²) >= 11 is 0. The molecular formula is C22H31NO3. The number of ether oxygens (including phenoxy) is 1. The molecule has 4 fully saturated rings. The highest BCUT2D eigenvalue weighted by molar-refractivity contribution is 5.41. The van der Waals surface area contributed by atoms with Gasteiger partial charge in [0.15, 0.2) is 11.4 Å². The van der Waals surface area contributed by atoms with E-state index in [4.69, 9.17) is 9.26 Å². The summed E-state index contributed by atoms with van der Waals surface area (Å²) < 4.78 is 12.2. The largest absolute Gasteiger partial charge is 0.390 e. The van der Waals surface area contributed by atoms with E-state index in [-0.39, 0.29) is 22.0 Å². The van der Waals surface area contributed by atoms with Crippen molar-refractivity contribution >= 4 is 0 Å². The number of fused-ring (bicyclic) bond motifs is 6. The minimum atomic E-state index is -0.502. The third-order valence-corrected chi connectivity index (χ3v) is 10.3. The van der Waals surface area contributed by atoms with Gasteiger partial charge in [0.2, 0.25) is 0 Å². The summed E-state index contributed by atoms with van der Waals surface area (Å²) in [5.41, 5.74) is 0.646. The van der Waals surface area contributed by atoms with E-state index in [0.717, 1.165) is 31.4 Å². The van der Waals surface area contributed by atoms with Gasteiger partial charge in [0.1, 0.15) is 5.60 Å². The van der Waals surface area contributed by atoms with Gasteiger partial charge >= 0.3 is 0 Å². The van der Waals surface area contributed by atoms with Crippen LogP contribution in [0.4, 0.5) is 0 Å². The molecule has 0 radical (unpaired) electrons. The maximum absolute atomic E-state index is 11.1. The summed E-state index contributed by atoms with van der Waals surface area (Å²) in [6.45, 7) is 9.16. The first-order valence-corrected chi connectivity index (χ1v) is 10.6. The number of nitrogens with zero attached hydrogens (tertiary/aromatic N) is 1. The van der Waals surface area contributed by atoms with Crippen LogP contribution in [0.15, 0.2) is 10.7 Å². The van der Waals surface area contributed by atoms with Crippen molar-refractivity contribution in [1.29, 1.82) is 0 Å². The lowest BCUT2D eigenvalue weighted by Gasteiger charge is -2.60. The summed E-state index contributed by atoms with van der Waals surface area (Å²) in [6.07, 6.45) is 9.81. The molecule has 26 heavy (non-hydrogen) atoms. The van der Waals surface area contributed by atoms with E-state index in [0.29, 0.717) is 17.8 Å². The van der Waals surface area contributed by atoms with Crippen LogP contribution in [0, 0.1) is 28.6 Å². The van der Waals surface area contributed by atoms with Crippen LogP contribution in [-0.4, -0.2) is 21.5 Å². The smallest absolute Gasteiger partial charge is 0.174 e. The van der Waals surface area contributed by atoms with E-state index in [1.54, 1.807) is 0 Å². The summed E-state index contributed by atoms with van der Waals surface area (Å²) in [6, 6.07) is 0. The van der Waals surface area contributed by atoms with E-state index in [2.05, 4.69) is 32.9 Å². The molecule has 1 aromatic heterocycles. The van der Waals surface area contributed by atoms with Crippen LogP contribution < -0.4 is 0 Å². The lowest BCUT2D eigenvalue weighted by Crippen LogP contribution is -2.60. The summed E-state index contributed by atoms with van der Waals surface area (Å²) in [4.78, 5) is 0. The molecule has 0 amide bonds. The number of hydrogen-bond acceptors (Lipinski definition) is 4. The second-order valence-corrected chi connectivity index (χ2v) is 10.9. The molecule has 4 heteroatoms. The van der Waals surface area contributed by atoms with Gasteiger partial charge in [-0.1, -0.05) is 19.0 Å². The van der Waals surface area contributed by atoms with Crippen LogP contribution in [0.5, 0.6) is 0 Å². The van der Waals surface area contributed by atoms with Crippen LogP contribution in [0.25, 0.3) is 0 Å². The first kappa shape index (κ1) is 16.1. The van der Waals surface area contributed by atoms with Gasteiger partial charge in [-0.15, -0.1) is 0 Å². The van der Waals surface area contributed by atoms with Gasteiger partial charge in [-0.3, -0.25) is 0 Å². The van der Waals surface area contributed by atoms with Crippen molar-refractivity contribution in [2.75, 3.05) is 0 Å². The Morgan fingerprint density at radius 2 is 1.73 bits per heavy atom. The van der Waals surface area contributed by atoms with Crippen molar-refractivity contribution in [3.63, 3.8) is 0 Å². The third-order valence-electron chi connectivity index (χ3n) is 10.3. The molecule has 1 N–H and O–H groups in total. The Hall–Kier alpha value is -0.870. The van der Waals surface area contributed by atoms with Crippen molar-refractivity contribution in [2.24, 2.45) is 28.6 Å². The predicted molar refractivity (Wildman–Crippen MR) is 96.4 cm³/mol. The summed E-state index contributed by atoms with van der Waals surface area (Å²) in [7, 11) is 0. The molecule has 6 rings (SSSR count). The van der Waals surface area contributed by atoms with Crippen LogP contribution >= 0.6 is 0 Å². The fourth-order valence-corrected chi connectivity index (χ4v) is 8.63. The molecule has 4 aliphatic carbocycles. The minimum Gasteiger partial charge on any atom is -0.390 e. The highest BCUT2D eigenvalue weighted by Gasteiger charge is 2.82. The normalized spacial score (nSPS) is 59.7. The van der Waals surface area contributed by atoms with Crippen LogP contribution in [0.1, 0.15) is 77.5 Å². The highest BCUT2D eigenvalue weighted by Crippen LogP contribution is 2.78. The minimum absolute atomic E-state index is 0.0669. The molecule has 6 unspecified atom stereocenters. The van der Waals surface area contributed by atoms with E-state index in [9.17, 15) is 5.11 Å². The van der Waals surface area contributed by atoms with Crippen molar-refractivity contribution in [3.8, 4) is 0 Å². The third kappa shape index (κ3) is 1.43. The summed E-state index contributed by atoms with van der Waals surface area (Å²) in [5.74, 6) is 3.03. The Balaban J connectivity index is 1.44. The fourth-order valence-electron chi connectivity index (χ4n) is 8.63. The number of epoxide rings is 1. The van der Waals surface area contributed by atoms with E-state index >= 15 is 0 Å². The Kier molecular flexibility index (Phi) is 2.63. The lowest BCUT2D eigenvalue weighted by molar-refractivity contribution is -0.143. The molecule has 5 aliphatic rings. The molecule has 8 atom stereocenters. The van der Waals surface area contributed by atoms with Gasteiger partial charge in [-0.2, -0.15) is 0 Å². The topological polar surface area (TPSA) is 58.8 Å². The number of hydrogen-bond donors (Lipinski definition) is 1. The van der Waals surface area contributed by atoms with E-state index in [1.165, 1.54) is 24.8 Å². The molecule has 1 aromatic rings. The molecule has 1 spiro atoms. The molecule has 2 heterocycles. The van der Waals surface area contributed by atoms with E-state index < -0.39 is 5.60 Å². The van der Waals surface area contributed by atoms with Crippen molar-refractivity contribution < 1.29 is 14.4 Å². The predicted octanol–water partition coefficient (Wildman–Crippen LogP) is 4.21. The number of rotatable bonds is 0. The zero-order chi connectivity index (χ0) is 18.2. The SMILES string of the molecule is CC12O[C@]13CCC1C(CCC4(C)C1CC[C@]4(C)O)C3(C)Cc1cnoc12. The molecule has 3 saturated carbocycles. The molecule has 142 valence electrons. The average molecular weight is 357 g/mol. The van der Waals surface area contributed by atoms with Gasteiger partial charge in [0, 0.05) is 11.0 Å². The highest BCUT2D eigenvalue weighted by atomic mass is 16.6. The zero-order valence-electron chi connectivity index (χ0n) is 16.5. The van der Waals surface area contributed by atoms with Gasteiger partial charge < -0.3 is 14.4 Å². The Morgan fingerprint density at radius 3 is 2.54 bits per heavy atom. The quantitative estimate of drug-likeness (QED) is 0.707. The van der Waals surface area contributed by atoms with Gasteiger partial charge in [0.25, 0.3) is 0 Å². The second kappa shape index (κ2) is 4.25. The van der Waals surface area contributed by atoms with E-state index in [1.807, 2.05) is 6.20 Å². The van der Waals surface area contributed by atoms with Crippen LogP contribution in [0.3, 0.4) is 0 Å². The van der Waals surface area contributed by atoms with Gasteiger partial charge in [-0.25, -0.2) is 0 Å². The first-order valence-electron chi connectivity index (χ1n) is 10.6. The van der Waals surface area contributed by atoms with Gasteiger partial charge in [-0.05, 0) is 82.0 Å². The monoisotopic (exact) mass is 357 g/mol. The number of aromatic nitrogens is 1. The standard InChI is InChI=1S/C22H31NO3/c1-18-8-6-16-14(15(18)7-9-20(18,3)24)5-10-22-19(16,2)11-13-12-23-25-17(13)21(22,4)26-22/h12,14-16,24H,5-11H2,1-4H3/t14?,15?,16?,18?,19?,20-,21?,22-/m0/s1. The fraction of sp³-hybridized carbons (Fsp3) is 0.864. The van der Waals surface area contributed by atoms with Crippen LogP contribution in [-0.2, 0) is 16.8 Å². The van der Waals surface area contributed by atoms with Crippen molar-refractivity contribution in [2.45, 2.75) is 89.4 Å². The average Bonchev–Trinajstić information content (AvgIpc) is 2.87. The maximum atomic E-state index is 11.1. The Bertz CT molecular complexity index is 801. The molecule has 4 nitrogen and oxygen atoms in total. The van der Waals surface area contributed by atoms with Gasteiger partial charge in [0.05, 0.1) is 11.8 Å². The molecule has 0 aromatic carbocycles. The molecular weight excluding hydrogens is 326 g/mol. The second-order valence-electron chi connectivity index (χ2n) is 10.9. The molecule has 1 saturated heterocycles. The number of aliphatic hydroxyl groups is 1. The Morgan fingerprint density at radius 1 is 1.00 bits per heavy atom. The first-order chi connectivity index (χ1) is 12.2. The van der Waals surface area contributed by atoms with Crippen molar-refractivity contribution in [1.82, 2.24) is 5.16 Å². The Labute approximate surface area is 155 Å².